The summed E-state index contributed by atoms with van der Waals surface area (Å²) < 4.78 is 12.8. The first kappa shape index (κ1) is 25.4. The third-order valence-electron chi connectivity index (χ3n) is 6.45. The van der Waals surface area contributed by atoms with Gasteiger partial charge in [0.2, 0.25) is 0 Å². The summed E-state index contributed by atoms with van der Waals surface area (Å²) in [5.41, 5.74) is 1.97. The van der Waals surface area contributed by atoms with Crippen LogP contribution < -0.4 is 4.90 Å². The SMILES string of the molecule is CC1C(C)N(c2cccc(Cl)c2)CCN1C(=O)c1ccc(S(=O)CC(=O)c2ccccc2)c(Cl)c1. The summed E-state index contributed by atoms with van der Waals surface area (Å²) in [6, 6.07) is 21.2. The molecular formula is C27H26Cl2N2O3S. The molecule has 1 aliphatic heterocycles. The monoisotopic (exact) mass is 528 g/mol. The Labute approximate surface area is 218 Å². The number of ketones is 1. The summed E-state index contributed by atoms with van der Waals surface area (Å²) in [4.78, 5) is 30.2. The van der Waals surface area contributed by atoms with Crippen LogP contribution in [0.5, 0.6) is 0 Å². The Morgan fingerprint density at radius 1 is 0.886 bits per heavy atom. The average molecular weight is 529 g/mol. The fourth-order valence-corrected chi connectivity index (χ4v) is 6.02. The van der Waals surface area contributed by atoms with Crippen molar-refractivity contribution in [1.82, 2.24) is 4.90 Å². The van der Waals surface area contributed by atoms with Crippen LogP contribution in [0.4, 0.5) is 5.69 Å². The van der Waals surface area contributed by atoms with Crippen molar-refractivity contribution in [3.05, 3.63) is 94.0 Å². The van der Waals surface area contributed by atoms with Gasteiger partial charge in [0.15, 0.2) is 5.78 Å². The van der Waals surface area contributed by atoms with Gasteiger partial charge in [-0.1, -0.05) is 59.6 Å². The lowest BCUT2D eigenvalue weighted by Gasteiger charge is -2.46. The molecule has 1 saturated heterocycles. The summed E-state index contributed by atoms with van der Waals surface area (Å²) in [6.45, 7) is 5.34. The Morgan fingerprint density at radius 2 is 1.63 bits per heavy atom. The number of carbonyl (C=O) groups is 2. The maximum Gasteiger partial charge on any atom is 0.254 e. The van der Waals surface area contributed by atoms with E-state index in [-0.39, 0.29) is 34.5 Å². The van der Waals surface area contributed by atoms with Crippen LogP contribution in [0.2, 0.25) is 10.0 Å². The first-order chi connectivity index (χ1) is 16.8. The molecular weight excluding hydrogens is 503 g/mol. The van der Waals surface area contributed by atoms with E-state index in [2.05, 4.69) is 11.8 Å². The summed E-state index contributed by atoms with van der Waals surface area (Å²) in [5, 5.41) is 0.895. The van der Waals surface area contributed by atoms with E-state index in [0.717, 1.165) is 5.69 Å². The average Bonchev–Trinajstić information content (AvgIpc) is 2.85. The van der Waals surface area contributed by atoms with E-state index in [4.69, 9.17) is 23.2 Å². The number of nitrogens with zero attached hydrogens (tertiary/aromatic N) is 2. The molecule has 0 aromatic heterocycles. The number of hydrogen-bond donors (Lipinski definition) is 0. The summed E-state index contributed by atoms with van der Waals surface area (Å²) in [6.07, 6.45) is 0. The minimum atomic E-state index is -1.62. The fourth-order valence-electron chi connectivity index (χ4n) is 4.34. The van der Waals surface area contributed by atoms with Crippen molar-refractivity contribution in [1.29, 1.82) is 0 Å². The van der Waals surface area contributed by atoms with Gasteiger partial charge in [-0.25, -0.2) is 0 Å². The second kappa shape index (κ2) is 10.9. The lowest BCUT2D eigenvalue weighted by atomic mass is 10.0. The van der Waals surface area contributed by atoms with Gasteiger partial charge in [-0.05, 0) is 50.2 Å². The summed E-state index contributed by atoms with van der Waals surface area (Å²) in [7, 11) is -1.62. The molecule has 3 atom stereocenters. The normalized spacial score (nSPS) is 18.9. The van der Waals surface area contributed by atoms with Crippen molar-refractivity contribution in [2.75, 3.05) is 23.7 Å². The van der Waals surface area contributed by atoms with Gasteiger partial charge in [0.25, 0.3) is 5.91 Å². The van der Waals surface area contributed by atoms with Gasteiger partial charge < -0.3 is 9.80 Å². The molecule has 35 heavy (non-hydrogen) atoms. The van der Waals surface area contributed by atoms with Crippen molar-refractivity contribution in [3.63, 3.8) is 0 Å². The maximum absolute atomic E-state index is 13.3. The van der Waals surface area contributed by atoms with Gasteiger partial charge in [-0.15, -0.1) is 0 Å². The highest BCUT2D eigenvalue weighted by Gasteiger charge is 2.34. The third-order valence-corrected chi connectivity index (χ3v) is 8.48. The molecule has 3 unspecified atom stereocenters. The van der Waals surface area contributed by atoms with Crippen LogP contribution in [0, 0.1) is 0 Å². The fraction of sp³-hybridized carbons (Fsp3) is 0.259. The predicted molar refractivity (Wildman–Crippen MR) is 142 cm³/mol. The zero-order valence-corrected chi connectivity index (χ0v) is 21.8. The van der Waals surface area contributed by atoms with Gasteiger partial charge in [0.1, 0.15) is 0 Å². The van der Waals surface area contributed by atoms with Crippen molar-refractivity contribution in [2.45, 2.75) is 30.8 Å². The molecule has 0 spiro atoms. The van der Waals surface area contributed by atoms with Crippen LogP contribution in [0.3, 0.4) is 0 Å². The molecule has 5 nitrogen and oxygen atoms in total. The van der Waals surface area contributed by atoms with Crippen LogP contribution in [0.25, 0.3) is 0 Å². The second-order valence-corrected chi connectivity index (χ2v) is 10.8. The predicted octanol–water partition coefficient (Wildman–Crippen LogP) is 5.72. The Morgan fingerprint density at radius 3 is 2.31 bits per heavy atom. The number of halogens is 2. The van der Waals surface area contributed by atoms with Gasteiger partial charge in [-0.2, -0.15) is 0 Å². The molecule has 0 N–H and O–H groups in total. The largest absolute Gasteiger partial charge is 0.365 e. The molecule has 1 amide bonds. The van der Waals surface area contributed by atoms with Crippen molar-refractivity contribution in [2.24, 2.45) is 0 Å². The molecule has 1 aliphatic rings. The summed E-state index contributed by atoms with van der Waals surface area (Å²) in [5.74, 6) is -0.521. The number of hydrogen-bond acceptors (Lipinski definition) is 4. The molecule has 3 aromatic rings. The zero-order chi connectivity index (χ0) is 25.1. The van der Waals surface area contributed by atoms with E-state index in [1.807, 2.05) is 42.2 Å². The van der Waals surface area contributed by atoms with E-state index in [0.29, 0.717) is 34.1 Å². The lowest BCUT2D eigenvalue weighted by molar-refractivity contribution is 0.0634. The quantitative estimate of drug-likeness (QED) is 0.383. The molecule has 4 rings (SSSR count). The number of anilines is 1. The number of carbonyl (C=O) groups excluding carboxylic acids is 2. The third kappa shape index (κ3) is 5.61. The van der Waals surface area contributed by atoms with Gasteiger partial charge >= 0.3 is 0 Å². The minimum absolute atomic E-state index is 0.0497. The summed E-state index contributed by atoms with van der Waals surface area (Å²) >= 11 is 12.6. The molecule has 1 heterocycles. The van der Waals surface area contributed by atoms with E-state index in [1.54, 1.807) is 42.5 Å². The van der Waals surface area contributed by atoms with Crippen LogP contribution in [0.15, 0.2) is 77.7 Å². The topological polar surface area (TPSA) is 57.7 Å². The van der Waals surface area contributed by atoms with E-state index < -0.39 is 10.8 Å². The first-order valence-electron chi connectivity index (χ1n) is 11.4. The van der Waals surface area contributed by atoms with Crippen molar-refractivity contribution in [3.8, 4) is 0 Å². The number of Topliss-reactive ketones (excluding diaryl/α,β-unsaturated/α-hetero) is 1. The molecule has 0 saturated carbocycles. The Balaban J connectivity index is 1.46. The molecule has 182 valence electrons. The smallest absolute Gasteiger partial charge is 0.254 e. The van der Waals surface area contributed by atoms with Gasteiger partial charge in [-0.3, -0.25) is 13.8 Å². The first-order valence-corrected chi connectivity index (χ1v) is 13.4. The highest BCUT2D eigenvalue weighted by atomic mass is 35.5. The molecule has 3 aromatic carbocycles. The second-order valence-electron chi connectivity index (χ2n) is 8.58. The van der Waals surface area contributed by atoms with Gasteiger partial charge in [0, 0.05) is 47.0 Å². The Hall–Kier alpha value is -2.67. The highest BCUT2D eigenvalue weighted by molar-refractivity contribution is 7.86. The highest BCUT2D eigenvalue weighted by Crippen LogP contribution is 2.29. The maximum atomic E-state index is 13.3. The molecule has 0 radical (unpaired) electrons. The minimum Gasteiger partial charge on any atom is -0.365 e. The van der Waals surface area contributed by atoms with E-state index in [1.165, 1.54) is 0 Å². The molecule has 1 fully saturated rings. The standard InChI is InChI=1S/C27H26Cl2N2O3S/c1-18-19(2)31(14-13-30(18)23-10-6-9-22(28)16-23)27(33)21-11-12-26(24(29)15-21)35(34)17-25(32)20-7-4-3-5-8-20/h3-12,15-16,18-19H,13-14,17H2,1-2H3. The Kier molecular flexibility index (Phi) is 7.95. The zero-order valence-electron chi connectivity index (χ0n) is 19.5. The van der Waals surface area contributed by atoms with Crippen LogP contribution in [0.1, 0.15) is 34.6 Å². The van der Waals surface area contributed by atoms with Crippen LogP contribution in [-0.4, -0.2) is 51.7 Å². The van der Waals surface area contributed by atoms with Crippen LogP contribution in [-0.2, 0) is 10.8 Å². The number of amides is 1. The van der Waals surface area contributed by atoms with Gasteiger partial charge in [0.05, 0.1) is 26.5 Å². The molecule has 0 aliphatic carbocycles. The number of benzene rings is 3. The molecule has 0 bridgehead atoms. The van der Waals surface area contributed by atoms with Crippen molar-refractivity contribution >= 4 is 51.4 Å². The van der Waals surface area contributed by atoms with E-state index in [9.17, 15) is 13.8 Å². The number of piperazine rings is 1. The molecule has 8 heteroatoms. The van der Waals surface area contributed by atoms with Crippen molar-refractivity contribution < 1.29 is 13.8 Å². The van der Waals surface area contributed by atoms with Crippen LogP contribution >= 0.6 is 23.2 Å². The Bertz CT molecular complexity index is 1270. The number of rotatable bonds is 6. The lowest BCUT2D eigenvalue weighted by Crippen LogP contribution is -2.59. The van der Waals surface area contributed by atoms with E-state index >= 15 is 0 Å².